The summed E-state index contributed by atoms with van der Waals surface area (Å²) in [5, 5.41) is 13.8. The van der Waals surface area contributed by atoms with Crippen LogP contribution in [0.3, 0.4) is 0 Å². The number of hydrogen-bond acceptors (Lipinski definition) is 3. The number of thiophene rings is 1. The molecule has 13 heavy (non-hydrogen) atoms. The van der Waals surface area contributed by atoms with Crippen LogP contribution in [0.2, 0.25) is 0 Å². The Morgan fingerprint density at radius 1 is 1.62 bits per heavy atom. The molecule has 0 saturated heterocycles. The summed E-state index contributed by atoms with van der Waals surface area (Å²) >= 11 is 1.65. The van der Waals surface area contributed by atoms with E-state index in [0.717, 1.165) is 12.0 Å². The molecule has 1 N–H and O–H groups in total. The summed E-state index contributed by atoms with van der Waals surface area (Å²) in [6.07, 6.45) is 0.968. The molecule has 0 saturated carbocycles. The van der Waals surface area contributed by atoms with Gasteiger partial charge in [-0.25, -0.2) is 0 Å². The quantitative estimate of drug-likeness (QED) is 0.800. The standard InChI is InChI=1S/C10H14N2S/c1-10(2,12-3)5-9-4-8(6-11)7-13-9/h4,7,12H,5H2,1-3H3. The molecule has 0 atom stereocenters. The summed E-state index contributed by atoms with van der Waals surface area (Å²) in [6, 6.07) is 4.10. The predicted molar refractivity (Wildman–Crippen MR) is 55.9 cm³/mol. The molecule has 0 aliphatic carbocycles. The molecule has 1 rings (SSSR count). The zero-order chi connectivity index (χ0) is 9.90. The van der Waals surface area contributed by atoms with Crippen LogP contribution in [0.4, 0.5) is 0 Å². The molecule has 0 unspecified atom stereocenters. The lowest BCUT2D eigenvalue weighted by Crippen LogP contribution is -2.38. The lowest BCUT2D eigenvalue weighted by molar-refractivity contribution is 0.425. The third-order valence-electron chi connectivity index (χ3n) is 2.08. The third kappa shape index (κ3) is 2.83. The van der Waals surface area contributed by atoms with Crippen molar-refractivity contribution in [3.63, 3.8) is 0 Å². The summed E-state index contributed by atoms with van der Waals surface area (Å²) in [5.41, 5.74) is 0.879. The molecule has 0 amide bonds. The van der Waals surface area contributed by atoms with Crippen molar-refractivity contribution in [1.82, 2.24) is 5.32 Å². The Hall–Kier alpha value is -0.850. The zero-order valence-electron chi connectivity index (χ0n) is 8.22. The Kier molecular flexibility index (Phi) is 3.07. The third-order valence-corrected chi connectivity index (χ3v) is 3.01. The van der Waals surface area contributed by atoms with Crippen LogP contribution in [0.5, 0.6) is 0 Å². The van der Waals surface area contributed by atoms with Gasteiger partial charge in [0.2, 0.25) is 0 Å². The van der Waals surface area contributed by atoms with Crippen molar-refractivity contribution in [3.05, 3.63) is 21.9 Å². The van der Waals surface area contributed by atoms with Gasteiger partial charge < -0.3 is 5.32 Å². The molecule has 0 aliphatic rings. The van der Waals surface area contributed by atoms with Crippen molar-refractivity contribution >= 4 is 11.3 Å². The predicted octanol–water partition coefficient (Wildman–Crippen LogP) is 2.16. The average Bonchev–Trinajstić information content (AvgIpc) is 2.52. The van der Waals surface area contributed by atoms with Gasteiger partial charge in [0.1, 0.15) is 6.07 Å². The molecule has 1 aromatic rings. The van der Waals surface area contributed by atoms with Crippen LogP contribution in [0.1, 0.15) is 24.3 Å². The molecular weight excluding hydrogens is 180 g/mol. The highest BCUT2D eigenvalue weighted by Gasteiger charge is 2.16. The number of nitrogens with zero attached hydrogens (tertiary/aromatic N) is 1. The Balaban J connectivity index is 2.70. The minimum absolute atomic E-state index is 0.109. The van der Waals surface area contributed by atoms with Gasteiger partial charge in [-0.1, -0.05) is 0 Å². The molecule has 0 aromatic carbocycles. The van der Waals surface area contributed by atoms with Crippen molar-refractivity contribution in [2.24, 2.45) is 0 Å². The van der Waals surface area contributed by atoms with E-state index >= 15 is 0 Å². The van der Waals surface area contributed by atoms with Gasteiger partial charge in [0.25, 0.3) is 0 Å². The van der Waals surface area contributed by atoms with Crippen LogP contribution in [0.15, 0.2) is 11.4 Å². The van der Waals surface area contributed by atoms with Gasteiger partial charge in [-0.3, -0.25) is 0 Å². The zero-order valence-corrected chi connectivity index (χ0v) is 9.03. The maximum atomic E-state index is 8.65. The van der Waals surface area contributed by atoms with Gasteiger partial charge in [-0.2, -0.15) is 5.26 Å². The summed E-state index contributed by atoms with van der Waals surface area (Å²) < 4.78 is 0. The second-order valence-corrected chi connectivity index (χ2v) is 4.72. The normalized spacial score (nSPS) is 11.2. The van der Waals surface area contributed by atoms with Gasteiger partial charge in [0, 0.05) is 15.8 Å². The van der Waals surface area contributed by atoms with E-state index in [1.807, 2.05) is 18.5 Å². The number of rotatable bonds is 3. The fourth-order valence-corrected chi connectivity index (χ4v) is 2.09. The first-order valence-corrected chi connectivity index (χ1v) is 5.12. The fraction of sp³-hybridized carbons (Fsp3) is 0.500. The molecule has 0 spiro atoms. The Morgan fingerprint density at radius 3 is 2.77 bits per heavy atom. The van der Waals surface area contributed by atoms with Gasteiger partial charge >= 0.3 is 0 Å². The number of nitrogens with one attached hydrogen (secondary N) is 1. The van der Waals surface area contributed by atoms with E-state index < -0.39 is 0 Å². The summed E-state index contributed by atoms with van der Waals surface area (Å²) in [6.45, 7) is 4.30. The maximum absolute atomic E-state index is 8.65. The lowest BCUT2D eigenvalue weighted by Gasteiger charge is -2.22. The highest BCUT2D eigenvalue weighted by Crippen LogP contribution is 2.19. The molecule has 0 radical (unpaired) electrons. The Morgan fingerprint density at radius 2 is 2.31 bits per heavy atom. The molecule has 0 bridgehead atoms. The molecule has 1 aromatic heterocycles. The van der Waals surface area contributed by atoms with E-state index in [9.17, 15) is 0 Å². The number of likely N-dealkylation sites (N-methyl/N-ethyl adjacent to an activating group) is 1. The van der Waals surface area contributed by atoms with Gasteiger partial charge in [0.05, 0.1) is 5.56 Å². The second kappa shape index (κ2) is 3.91. The van der Waals surface area contributed by atoms with Crippen molar-refractivity contribution in [3.8, 4) is 6.07 Å². The van der Waals surface area contributed by atoms with Crippen LogP contribution in [-0.4, -0.2) is 12.6 Å². The van der Waals surface area contributed by atoms with Crippen LogP contribution in [0.25, 0.3) is 0 Å². The van der Waals surface area contributed by atoms with E-state index in [1.54, 1.807) is 11.3 Å². The molecular formula is C10H14N2S. The van der Waals surface area contributed by atoms with Crippen molar-refractivity contribution in [2.45, 2.75) is 25.8 Å². The SMILES string of the molecule is CNC(C)(C)Cc1cc(C#N)cs1. The van der Waals surface area contributed by atoms with Crippen molar-refractivity contribution in [1.29, 1.82) is 5.26 Å². The topological polar surface area (TPSA) is 35.8 Å². The second-order valence-electron chi connectivity index (χ2n) is 3.72. The minimum atomic E-state index is 0.109. The van der Waals surface area contributed by atoms with Crippen LogP contribution in [-0.2, 0) is 6.42 Å². The van der Waals surface area contributed by atoms with Crippen molar-refractivity contribution < 1.29 is 0 Å². The summed E-state index contributed by atoms with van der Waals surface area (Å²) in [5.74, 6) is 0. The van der Waals surface area contributed by atoms with E-state index in [4.69, 9.17) is 5.26 Å². The van der Waals surface area contributed by atoms with Gasteiger partial charge in [-0.05, 0) is 33.4 Å². The molecule has 70 valence electrons. The molecule has 0 fully saturated rings. The van der Waals surface area contributed by atoms with Gasteiger partial charge in [-0.15, -0.1) is 11.3 Å². The minimum Gasteiger partial charge on any atom is -0.314 e. The largest absolute Gasteiger partial charge is 0.314 e. The first kappa shape index (κ1) is 10.2. The number of nitriles is 1. The Labute approximate surface area is 83.2 Å². The monoisotopic (exact) mass is 194 g/mol. The molecule has 2 nitrogen and oxygen atoms in total. The van der Waals surface area contributed by atoms with E-state index in [0.29, 0.717) is 0 Å². The lowest BCUT2D eigenvalue weighted by atomic mass is 10.00. The highest BCUT2D eigenvalue weighted by atomic mass is 32.1. The Bertz CT molecular complexity index is 320. The van der Waals surface area contributed by atoms with Crippen LogP contribution in [0, 0.1) is 11.3 Å². The highest BCUT2D eigenvalue weighted by molar-refractivity contribution is 7.10. The summed E-state index contributed by atoms with van der Waals surface area (Å²) in [4.78, 5) is 1.26. The molecule has 0 aliphatic heterocycles. The van der Waals surface area contributed by atoms with Crippen LogP contribution >= 0.6 is 11.3 Å². The molecule has 3 heteroatoms. The first-order valence-electron chi connectivity index (χ1n) is 4.24. The smallest absolute Gasteiger partial charge is 0.100 e. The van der Waals surface area contributed by atoms with E-state index in [-0.39, 0.29) is 5.54 Å². The summed E-state index contributed by atoms with van der Waals surface area (Å²) in [7, 11) is 1.96. The first-order chi connectivity index (χ1) is 6.07. The maximum Gasteiger partial charge on any atom is 0.100 e. The van der Waals surface area contributed by atoms with Crippen molar-refractivity contribution in [2.75, 3.05) is 7.05 Å². The van der Waals surface area contributed by atoms with Crippen LogP contribution < -0.4 is 5.32 Å². The van der Waals surface area contributed by atoms with E-state index in [1.165, 1.54) is 4.88 Å². The van der Waals surface area contributed by atoms with Gasteiger partial charge in [0.15, 0.2) is 0 Å². The average molecular weight is 194 g/mol. The number of hydrogen-bond donors (Lipinski definition) is 1. The fourth-order valence-electron chi connectivity index (χ4n) is 1.06. The van der Waals surface area contributed by atoms with E-state index in [2.05, 4.69) is 25.2 Å². The molecule has 1 heterocycles.